The second-order valence-electron chi connectivity index (χ2n) is 9.21. The maximum Gasteiger partial charge on any atom is 0.303 e. The van der Waals surface area contributed by atoms with E-state index >= 15 is 0 Å². The number of piperidine rings is 1. The second-order valence-corrected chi connectivity index (χ2v) is 9.64. The number of carbonyl (C=O) groups is 1. The number of nitrogens with zero attached hydrogens (tertiary/aromatic N) is 3. The molecule has 0 saturated carbocycles. The first-order valence-electron chi connectivity index (χ1n) is 11.8. The van der Waals surface area contributed by atoms with Gasteiger partial charge in [0.1, 0.15) is 17.7 Å². The molecule has 1 saturated heterocycles. The quantitative estimate of drug-likeness (QED) is 0.494. The van der Waals surface area contributed by atoms with E-state index in [0.29, 0.717) is 10.8 Å². The van der Waals surface area contributed by atoms with Crippen LogP contribution in [0.15, 0.2) is 48.7 Å². The highest BCUT2D eigenvalue weighted by Crippen LogP contribution is 2.38. The van der Waals surface area contributed by atoms with E-state index in [1.54, 1.807) is 0 Å². The third kappa shape index (κ3) is 4.87. The Hall–Kier alpha value is -3.12. The number of aryl methyl sites for hydroxylation is 2. The molecule has 2 aromatic carbocycles. The van der Waals surface area contributed by atoms with Crippen LogP contribution in [0, 0.1) is 6.92 Å². The number of hydrogen-bond acceptors (Lipinski definition) is 5. The molecule has 1 atom stereocenters. The fourth-order valence-corrected chi connectivity index (χ4v) is 5.17. The summed E-state index contributed by atoms with van der Waals surface area (Å²) in [7, 11) is 0. The lowest BCUT2D eigenvalue weighted by atomic mass is 9.98. The van der Waals surface area contributed by atoms with Crippen molar-refractivity contribution in [3.63, 3.8) is 0 Å². The first-order chi connectivity index (χ1) is 16.5. The molecule has 1 aliphatic heterocycles. The van der Waals surface area contributed by atoms with E-state index in [-0.39, 0.29) is 18.4 Å². The molecule has 176 valence electrons. The van der Waals surface area contributed by atoms with Gasteiger partial charge in [-0.2, -0.15) is 0 Å². The maximum absolute atomic E-state index is 11.1. The number of aliphatic carboxylic acids is 1. The molecule has 1 aromatic heterocycles. The van der Waals surface area contributed by atoms with Crippen LogP contribution in [-0.2, 0) is 11.2 Å². The normalized spacial score (nSPS) is 18.1. The topological polar surface area (TPSA) is 75.5 Å². The van der Waals surface area contributed by atoms with Gasteiger partial charge in [0, 0.05) is 48.3 Å². The van der Waals surface area contributed by atoms with Crippen LogP contribution in [0.25, 0.3) is 11.4 Å². The number of benzene rings is 2. The number of hydrogen-bond donors (Lipinski definition) is 1. The summed E-state index contributed by atoms with van der Waals surface area (Å²) in [5.74, 6) is 1.95. The summed E-state index contributed by atoms with van der Waals surface area (Å²) in [6, 6.07) is 13.8. The number of rotatable bonds is 6. The van der Waals surface area contributed by atoms with E-state index in [0.717, 1.165) is 61.5 Å². The lowest BCUT2D eigenvalue weighted by Crippen LogP contribution is -2.39. The molecule has 0 unspecified atom stereocenters. The van der Waals surface area contributed by atoms with Gasteiger partial charge in [0.15, 0.2) is 5.82 Å². The van der Waals surface area contributed by atoms with Gasteiger partial charge >= 0.3 is 5.97 Å². The first kappa shape index (κ1) is 22.7. The van der Waals surface area contributed by atoms with Gasteiger partial charge in [0.2, 0.25) is 0 Å². The third-order valence-corrected chi connectivity index (χ3v) is 7.08. The maximum atomic E-state index is 11.1. The molecule has 34 heavy (non-hydrogen) atoms. The van der Waals surface area contributed by atoms with Gasteiger partial charge in [0.05, 0.1) is 6.42 Å². The van der Waals surface area contributed by atoms with Gasteiger partial charge < -0.3 is 14.7 Å². The minimum absolute atomic E-state index is 0.124. The van der Waals surface area contributed by atoms with Crippen LogP contribution in [0.4, 0.5) is 5.82 Å². The van der Waals surface area contributed by atoms with Gasteiger partial charge in [-0.05, 0) is 73.2 Å². The lowest BCUT2D eigenvalue weighted by molar-refractivity contribution is -0.137. The molecule has 2 heterocycles. The average molecular weight is 478 g/mol. The van der Waals surface area contributed by atoms with E-state index in [1.165, 1.54) is 11.1 Å². The number of halogens is 1. The highest BCUT2D eigenvalue weighted by atomic mass is 35.5. The average Bonchev–Trinajstić information content (AvgIpc) is 3.22. The van der Waals surface area contributed by atoms with E-state index in [4.69, 9.17) is 26.4 Å². The molecular formula is C27H28ClN3O3. The van der Waals surface area contributed by atoms with Crippen LogP contribution in [0.3, 0.4) is 0 Å². The molecule has 0 spiro atoms. The van der Waals surface area contributed by atoms with Crippen molar-refractivity contribution in [1.82, 2.24) is 9.97 Å². The van der Waals surface area contributed by atoms with Crippen molar-refractivity contribution >= 4 is 23.4 Å². The van der Waals surface area contributed by atoms with Crippen molar-refractivity contribution in [2.75, 3.05) is 18.0 Å². The Balaban J connectivity index is 1.22. The Labute approximate surface area is 204 Å². The monoisotopic (exact) mass is 477 g/mol. The smallest absolute Gasteiger partial charge is 0.303 e. The largest absolute Gasteiger partial charge is 0.490 e. The molecule has 2 aliphatic rings. The SMILES string of the molecule is Cc1cnc(-c2ccc(Cl)cc2)nc1N1CCC(Oc2ccc3c(c2)CC[C@H]3CC(=O)O)CC1. The Morgan fingerprint density at radius 1 is 1.15 bits per heavy atom. The molecule has 0 radical (unpaired) electrons. The molecule has 6 nitrogen and oxygen atoms in total. The summed E-state index contributed by atoms with van der Waals surface area (Å²) < 4.78 is 6.33. The second kappa shape index (κ2) is 9.63. The van der Waals surface area contributed by atoms with Crippen LogP contribution in [-0.4, -0.2) is 40.2 Å². The van der Waals surface area contributed by atoms with Gasteiger partial charge in [-0.3, -0.25) is 4.79 Å². The Morgan fingerprint density at radius 2 is 1.91 bits per heavy atom. The summed E-state index contributed by atoms with van der Waals surface area (Å²) in [4.78, 5) is 22.8. The molecule has 5 rings (SSSR count). The predicted octanol–water partition coefficient (Wildman–Crippen LogP) is 5.66. The van der Waals surface area contributed by atoms with E-state index in [1.807, 2.05) is 43.5 Å². The van der Waals surface area contributed by atoms with Crippen molar-refractivity contribution in [1.29, 1.82) is 0 Å². The molecule has 3 aromatic rings. The summed E-state index contributed by atoms with van der Waals surface area (Å²) in [6.07, 6.45) is 5.90. The molecule has 0 amide bonds. The van der Waals surface area contributed by atoms with Crippen molar-refractivity contribution < 1.29 is 14.6 Å². The fraction of sp³-hybridized carbons (Fsp3) is 0.370. The Bertz CT molecular complexity index is 1190. The predicted molar refractivity (Wildman–Crippen MR) is 133 cm³/mol. The van der Waals surface area contributed by atoms with Crippen molar-refractivity contribution in [2.24, 2.45) is 0 Å². The molecule has 1 N–H and O–H groups in total. The zero-order chi connectivity index (χ0) is 23.7. The summed E-state index contributed by atoms with van der Waals surface area (Å²) >= 11 is 6.02. The van der Waals surface area contributed by atoms with E-state index in [2.05, 4.69) is 22.0 Å². The molecule has 0 bridgehead atoms. The van der Waals surface area contributed by atoms with Crippen LogP contribution in [0.1, 0.15) is 48.3 Å². The lowest BCUT2D eigenvalue weighted by Gasteiger charge is -2.33. The number of fused-ring (bicyclic) bond motifs is 1. The molecule has 1 aliphatic carbocycles. The number of ether oxygens (including phenoxy) is 1. The molecule has 1 fully saturated rings. The number of carboxylic acid groups (broad SMARTS) is 1. The highest BCUT2D eigenvalue weighted by molar-refractivity contribution is 6.30. The number of aromatic nitrogens is 2. The van der Waals surface area contributed by atoms with Crippen LogP contribution in [0.5, 0.6) is 5.75 Å². The standard InChI is InChI=1S/C27H28ClN3O3/c1-17-16-29-26(18-4-6-21(28)7-5-18)30-27(17)31-12-10-22(11-13-31)34-23-8-9-24-19(14-23)2-3-20(24)15-25(32)33/h4-9,14,16,20,22H,2-3,10-13,15H2,1H3,(H,32,33)/t20-/m0/s1. The van der Waals surface area contributed by atoms with Crippen molar-refractivity contribution in [3.05, 3.63) is 70.4 Å². The Kier molecular flexibility index (Phi) is 6.42. The third-order valence-electron chi connectivity index (χ3n) is 6.83. The summed E-state index contributed by atoms with van der Waals surface area (Å²) in [5.41, 5.74) is 4.41. The molecular weight excluding hydrogens is 450 g/mol. The van der Waals surface area contributed by atoms with Crippen LogP contribution in [0.2, 0.25) is 5.02 Å². The number of anilines is 1. The highest BCUT2D eigenvalue weighted by Gasteiger charge is 2.27. The fourth-order valence-electron chi connectivity index (χ4n) is 5.05. The first-order valence-corrected chi connectivity index (χ1v) is 12.2. The van der Waals surface area contributed by atoms with E-state index < -0.39 is 5.97 Å². The molecule has 7 heteroatoms. The minimum Gasteiger partial charge on any atom is -0.490 e. The van der Waals surface area contributed by atoms with Crippen molar-refractivity contribution in [2.45, 2.75) is 51.0 Å². The summed E-state index contributed by atoms with van der Waals surface area (Å²) in [6.45, 7) is 3.79. The zero-order valence-corrected chi connectivity index (χ0v) is 20.0. The van der Waals surface area contributed by atoms with Crippen LogP contribution >= 0.6 is 11.6 Å². The van der Waals surface area contributed by atoms with Gasteiger partial charge in [-0.25, -0.2) is 9.97 Å². The van der Waals surface area contributed by atoms with E-state index in [9.17, 15) is 4.79 Å². The minimum atomic E-state index is -0.732. The Morgan fingerprint density at radius 3 is 2.65 bits per heavy atom. The zero-order valence-electron chi connectivity index (χ0n) is 19.2. The van der Waals surface area contributed by atoms with Gasteiger partial charge in [-0.15, -0.1) is 0 Å². The van der Waals surface area contributed by atoms with Gasteiger partial charge in [-0.1, -0.05) is 17.7 Å². The van der Waals surface area contributed by atoms with Gasteiger partial charge in [0.25, 0.3) is 0 Å². The number of carboxylic acids is 1. The summed E-state index contributed by atoms with van der Waals surface area (Å²) in [5, 5.41) is 9.83. The van der Waals surface area contributed by atoms with Crippen LogP contribution < -0.4 is 9.64 Å². The van der Waals surface area contributed by atoms with Crippen molar-refractivity contribution in [3.8, 4) is 17.1 Å².